The number of carboxylic acid groups (broad SMARTS) is 1. The average Bonchev–Trinajstić information content (AvgIpc) is 2.76. The molecule has 2 fully saturated rings. The van der Waals surface area contributed by atoms with Crippen molar-refractivity contribution in [3.05, 3.63) is 0 Å². The number of carboxylic acids is 1. The Kier molecular flexibility index (Phi) is 2.65. The van der Waals surface area contributed by atoms with Gasteiger partial charge in [0.05, 0.1) is 0 Å². The quantitative estimate of drug-likeness (QED) is 0.804. The Morgan fingerprint density at radius 3 is 2.40 bits per heavy atom. The molecule has 0 heterocycles. The van der Waals surface area contributed by atoms with Crippen LogP contribution >= 0.6 is 0 Å². The smallest absolute Gasteiger partial charge is 0.321 e. The van der Waals surface area contributed by atoms with Crippen LogP contribution < -0.4 is 0 Å². The lowest BCUT2D eigenvalue weighted by Crippen LogP contribution is -2.43. The van der Waals surface area contributed by atoms with Crippen molar-refractivity contribution >= 4 is 16.8 Å². The molecule has 0 spiro atoms. The lowest BCUT2D eigenvalue weighted by Gasteiger charge is -2.28. The van der Waals surface area contributed by atoms with E-state index in [9.17, 15) is 9.00 Å². The van der Waals surface area contributed by atoms with Crippen LogP contribution in [-0.2, 0) is 15.6 Å². The van der Waals surface area contributed by atoms with E-state index < -0.39 is 21.5 Å². The molecule has 0 saturated heterocycles. The lowest BCUT2D eigenvalue weighted by molar-refractivity contribution is -0.139. The predicted octanol–water partition coefficient (Wildman–Crippen LogP) is 1.79. The minimum absolute atomic E-state index is 0.134. The number of hydrogen-bond acceptors (Lipinski definition) is 2. The number of hydrogen-bond donors (Lipinski definition) is 1. The molecule has 2 saturated carbocycles. The molecule has 0 aromatic heterocycles. The number of fused-ring (bicyclic) bond motifs is 2. The molecule has 3 nitrogen and oxygen atoms in total. The highest BCUT2D eigenvalue weighted by Crippen LogP contribution is 2.48. The number of aliphatic carboxylic acids is 1. The van der Waals surface area contributed by atoms with E-state index >= 15 is 0 Å². The summed E-state index contributed by atoms with van der Waals surface area (Å²) in [6.45, 7) is 3.16. The first-order chi connectivity index (χ1) is 6.93. The van der Waals surface area contributed by atoms with Crippen LogP contribution in [0.5, 0.6) is 0 Å². The summed E-state index contributed by atoms with van der Waals surface area (Å²) in [6.07, 6.45) is 4.56. The maximum Gasteiger partial charge on any atom is 0.321 e. The Morgan fingerprint density at radius 2 is 2.00 bits per heavy atom. The van der Waals surface area contributed by atoms with Gasteiger partial charge < -0.3 is 5.11 Å². The minimum atomic E-state index is -1.23. The summed E-state index contributed by atoms with van der Waals surface area (Å²) in [5, 5.41) is 9.18. The third-order valence-electron chi connectivity index (χ3n) is 3.97. The van der Waals surface area contributed by atoms with Crippen LogP contribution in [0.25, 0.3) is 0 Å². The second-order valence-electron chi connectivity index (χ2n) is 5.33. The monoisotopic (exact) mass is 230 g/mol. The topological polar surface area (TPSA) is 54.4 Å². The first kappa shape index (κ1) is 11.1. The Bertz CT molecular complexity index is 311. The average molecular weight is 230 g/mol. The molecule has 0 aromatic carbocycles. The molecule has 0 radical (unpaired) electrons. The zero-order chi connectivity index (χ0) is 11.2. The van der Waals surface area contributed by atoms with E-state index in [1.807, 2.05) is 0 Å². The van der Waals surface area contributed by atoms with Crippen LogP contribution in [0.15, 0.2) is 0 Å². The molecule has 2 bridgehead atoms. The summed E-state index contributed by atoms with van der Waals surface area (Å²) in [5.41, 5.74) is 0. The predicted molar refractivity (Wildman–Crippen MR) is 59.1 cm³/mol. The SMILES string of the molecule is CC(C)(C(=O)O)S(=O)C1CC2CCC1C2. The highest BCUT2D eigenvalue weighted by Gasteiger charge is 2.48. The van der Waals surface area contributed by atoms with Gasteiger partial charge in [-0.05, 0) is 44.9 Å². The van der Waals surface area contributed by atoms with Crippen molar-refractivity contribution in [2.24, 2.45) is 11.8 Å². The van der Waals surface area contributed by atoms with Crippen molar-refractivity contribution < 1.29 is 14.1 Å². The molecule has 2 aliphatic rings. The van der Waals surface area contributed by atoms with E-state index in [1.165, 1.54) is 12.8 Å². The third kappa shape index (κ3) is 1.73. The van der Waals surface area contributed by atoms with Crippen LogP contribution in [0.1, 0.15) is 39.5 Å². The largest absolute Gasteiger partial charge is 0.480 e. The molecule has 15 heavy (non-hydrogen) atoms. The van der Waals surface area contributed by atoms with Gasteiger partial charge in [-0.1, -0.05) is 6.42 Å². The fourth-order valence-electron chi connectivity index (χ4n) is 2.91. The van der Waals surface area contributed by atoms with E-state index in [-0.39, 0.29) is 5.25 Å². The molecule has 2 aliphatic carbocycles. The van der Waals surface area contributed by atoms with Crippen LogP contribution in [0.4, 0.5) is 0 Å². The third-order valence-corrected chi connectivity index (χ3v) is 6.27. The maximum absolute atomic E-state index is 12.2. The molecule has 4 atom stereocenters. The summed E-state index contributed by atoms with van der Waals surface area (Å²) in [6, 6.07) is 0. The standard InChI is InChI=1S/C11H18O3S/c1-11(2,10(12)13)15(14)9-6-7-3-4-8(9)5-7/h7-9H,3-6H2,1-2H3,(H,12,13). The molecule has 0 amide bonds. The molecular weight excluding hydrogens is 212 g/mol. The fourth-order valence-corrected chi connectivity index (χ4v) is 4.89. The maximum atomic E-state index is 12.2. The van der Waals surface area contributed by atoms with Crippen molar-refractivity contribution in [2.45, 2.75) is 49.5 Å². The zero-order valence-corrected chi connectivity index (χ0v) is 10.0. The summed E-state index contributed by atoms with van der Waals surface area (Å²) < 4.78 is 11.1. The number of carbonyl (C=O) groups is 1. The Hall–Kier alpha value is -0.380. The molecule has 2 rings (SSSR count). The van der Waals surface area contributed by atoms with Gasteiger partial charge in [-0.15, -0.1) is 0 Å². The van der Waals surface area contributed by atoms with Crippen molar-refractivity contribution in [1.82, 2.24) is 0 Å². The second kappa shape index (κ2) is 3.58. The van der Waals surface area contributed by atoms with Crippen LogP contribution in [0.2, 0.25) is 0 Å². The van der Waals surface area contributed by atoms with E-state index in [4.69, 9.17) is 5.11 Å². The van der Waals surface area contributed by atoms with Gasteiger partial charge in [0, 0.05) is 16.0 Å². The van der Waals surface area contributed by atoms with E-state index in [0.717, 1.165) is 12.8 Å². The highest BCUT2D eigenvalue weighted by atomic mass is 32.2. The van der Waals surface area contributed by atoms with Crippen molar-refractivity contribution in [2.75, 3.05) is 0 Å². The first-order valence-electron chi connectivity index (χ1n) is 5.57. The van der Waals surface area contributed by atoms with Gasteiger partial charge in [0.15, 0.2) is 0 Å². The summed E-state index contributed by atoms with van der Waals surface area (Å²) in [7, 11) is -1.23. The van der Waals surface area contributed by atoms with Gasteiger partial charge in [-0.3, -0.25) is 9.00 Å². The Balaban J connectivity index is 2.12. The molecule has 0 aromatic rings. The summed E-state index contributed by atoms with van der Waals surface area (Å²) >= 11 is 0. The van der Waals surface area contributed by atoms with E-state index in [2.05, 4.69) is 0 Å². The molecule has 1 N–H and O–H groups in total. The molecular formula is C11H18O3S. The van der Waals surface area contributed by atoms with Gasteiger partial charge in [0.2, 0.25) is 0 Å². The van der Waals surface area contributed by atoms with Gasteiger partial charge in [-0.25, -0.2) is 0 Å². The van der Waals surface area contributed by atoms with Crippen molar-refractivity contribution in [3.8, 4) is 0 Å². The Morgan fingerprint density at radius 1 is 1.33 bits per heavy atom. The minimum Gasteiger partial charge on any atom is -0.480 e. The normalized spacial score (nSPS) is 36.8. The van der Waals surface area contributed by atoms with Gasteiger partial charge in [-0.2, -0.15) is 0 Å². The second-order valence-corrected chi connectivity index (χ2v) is 7.55. The van der Waals surface area contributed by atoms with Crippen molar-refractivity contribution in [3.63, 3.8) is 0 Å². The van der Waals surface area contributed by atoms with Crippen LogP contribution in [0, 0.1) is 11.8 Å². The van der Waals surface area contributed by atoms with Crippen molar-refractivity contribution in [1.29, 1.82) is 0 Å². The van der Waals surface area contributed by atoms with E-state index in [1.54, 1.807) is 13.8 Å². The summed E-state index contributed by atoms with van der Waals surface area (Å²) in [4.78, 5) is 11.0. The van der Waals surface area contributed by atoms with Gasteiger partial charge >= 0.3 is 5.97 Å². The first-order valence-corrected chi connectivity index (χ1v) is 6.78. The molecule has 4 heteroatoms. The van der Waals surface area contributed by atoms with Crippen LogP contribution in [-0.4, -0.2) is 25.3 Å². The molecule has 86 valence electrons. The summed E-state index contributed by atoms with van der Waals surface area (Å²) in [5.74, 6) is 0.298. The molecule has 0 aliphatic heterocycles. The van der Waals surface area contributed by atoms with Gasteiger partial charge in [0.25, 0.3) is 0 Å². The lowest BCUT2D eigenvalue weighted by atomic mass is 10.0. The zero-order valence-electron chi connectivity index (χ0n) is 9.23. The molecule has 4 unspecified atom stereocenters. The van der Waals surface area contributed by atoms with E-state index in [0.29, 0.717) is 11.8 Å². The fraction of sp³-hybridized carbons (Fsp3) is 0.909. The number of rotatable bonds is 3. The van der Waals surface area contributed by atoms with Gasteiger partial charge in [0.1, 0.15) is 4.75 Å². The highest BCUT2D eigenvalue weighted by molar-refractivity contribution is 7.87. The van der Waals surface area contributed by atoms with Crippen LogP contribution in [0.3, 0.4) is 0 Å². The Labute approximate surface area is 92.7 Å².